The number of aromatic nitrogens is 1. The molecule has 0 spiro atoms. The van der Waals surface area contributed by atoms with Crippen molar-refractivity contribution in [2.45, 2.75) is 44.7 Å². The molecule has 1 aromatic heterocycles. The summed E-state index contributed by atoms with van der Waals surface area (Å²) in [7, 11) is 0. The highest BCUT2D eigenvalue weighted by atomic mass is 32.1. The number of rotatable bonds is 4. The lowest BCUT2D eigenvalue weighted by molar-refractivity contribution is 0.326. The third-order valence-electron chi connectivity index (χ3n) is 3.17. The molecule has 0 radical (unpaired) electrons. The Morgan fingerprint density at radius 1 is 1.56 bits per heavy atom. The van der Waals surface area contributed by atoms with Crippen molar-refractivity contribution in [2.75, 3.05) is 13.1 Å². The van der Waals surface area contributed by atoms with Crippen LogP contribution in [0.25, 0.3) is 0 Å². The summed E-state index contributed by atoms with van der Waals surface area (Å²) in [6.45, 7) is 6.61. The zero-order valence-corrected chi connectivity index (χ0v) is 10.9. The Balaban J connectivity index is 1.84. The quantitative estimate of drug-likeness (QED) is 0.845. The van der Waals surface area contributed by atoms with Crippen molar-refractivity contribution in [1.82, 2.24) is 15.6 Å². The minimum absolute atomic E-state index is 0.00665. The van der Waals surface area contributed by atoms with Crippen LogP contribution < -0.4 is 10.6 Å². The van der Waals surface area contributed by atoms with Crippen molar-refractivity contribution in [3.8, 4) is 0 Å². The highest BCUT2D eigenvalue weighted by Gasteiger charge is 2.24. The molecule has 16 heavy (non-hydrogen) atoms. The largest absolute Gasteiger partial charge is 0.313 e. The first-order valence-corrected chi connectivity index (χ1v) is 6.95. The number of nitrogens with one attached hydrogen (secondary N) is 2. The third kappa shape index (κ3) is 3.03. The first-order chi connectivity index (χ1) is 7.68. The van der Waals surface area contributed by atoms with Crippen molar-refractivity contribution in [3.05, 3.63) is 16.6 Å². The average Bonchev–Trinajstić information content (AvgIpc) is 2.82. The van der Waals surface area contributed by atoms with E-state index in [1.807, 2.05) is 11.6 Å². The van der Waals surface area contributed by atoms with Gasteiger partial charge in [0.15, 0.2) is 0 Å². The Bertz CT molecular complexity index is 302. The van der Waals surface area contributed by atoms with Gasteiger partial charge >= 0.3 is 0 Å². The molecule has 1 fully saturated rings. The second-order valence-electron chi connectivity index (χ2n) is 4.99. The predicted molar refractivity (Wildman–Crippen MR) is 68.8 cm³/mol. The van der Waals surface area contributed by atoms with Gasteiger partial charge in [-0.05, 0) is 33.2 Å². The van der Waals surface area contributed by atoms with Crippen molar-refractivity contribution >= 4 is 11.3 Å². The van der Waals surface area contributed by atoms with Gasteiger partial charge < -0.3 is 10.6 Å². The zero-order chi connectivity index (χ0) is 11.4. The minimum atomic E-state index is -0.00665. The lowest BCUT2D eigenvalue weighted by Crippen LogP contribution is -2.47. The van der Waals surface area contributed by atoms with E-state index in [1.165, 1.54) is 30.8 Å². The molecule has 1 aliphatic rings. The molecule has 0 amide bonds. The summed E-state index contributed by atoms with van der Waals surface area (Å²) in [6, 6.07) is 0.632. The zero-order valence-electron chi connectivity index (χ0n) is 10.1. The van der Waals surface area contributed by atoms with Crippen LogP contribution in [-0.2, 0) is 5.54 Å². The van der Waals surface area contributed by atoms with Gasteiger partial charge in [-0.3, -0.25) is 0 Å². The predicted octanol–water partition coefficient (Wildman–Crippen LogP) is 2.11. The van der Waals surface area contributed by atoms with Gasteiger partial charge in [0.2, 0.25) is 0 Å². The Hall–Kier alpha value is -0.450. The molecule has 2 heterocycles. The second kappa shape index (κ2) is 5.25. The van der Waals surface area contributed by atoms with E-state index in [0.717, 1.165) is 6.54 Å². The fourth-order valence-electron chi connectivity index (χ4n) is 2.08. The summed E-state index contributed by atoms with van der Waals surface area (Å²) in [5.74, 6) is 0. The van der Waals surface area contributed by atoms with E-state index in [-0.39, 0.29) is 5.54 Å². The summed E-state index contributed by atoms with van der Waals surface area (Å²) >= 11 is 1.72. The molecule has 1 unspecified atom stereocenters. The molecule has 0 aliphatic carbocycles. The SMILES string of the molecule is CC(C)(NCC1CCCCN1)c1nccs1. The van der Waals surface area contributed by atoms with Crippen LogP contribution in [0.4, 0.5) is 0 Å². The molecule has 0 bridgehead atoms. The Morgan fingerprint density at radius 2 is 2.44 bits per heavy atom. The molecule has 1 saturated heterocycles. The van der Waals surface area contributed by atoms with E-state index >= 15 is 0 Å². The van der Waals surface area contributed by atoms with Crippen LogP contribution in [-0.4, -0.2) is 24.1 Å². The van der Waals surface area contributed by atoms with Gasteiger partial charge in [0.25, 0.3) is 0 Å². The van der Waals surface area contributed by atoms with E-state index < -0.39 is 0 Å². The van der Waals surface area contributed by atoms with E-state index in [0.29, 0.717) is 6.04 Å². The van der Waals surface area contributed by atoms with Crippen molar-refractivity contribution in [2.24, 2.45) is 0 Å². The normalized spacial score (nSPS) is 22.2. The molecule has 1 aromatic rings. The Kier molecular flexibility index (Phi) is 3.95. The first-order valence-electron chi connectivity index (χ1n) is 6.07. The second-order valence-corrected chi connectivity index (χ2v) is 5.88. The molecule has 1 aliphatic heterocycles. The molecule has 3 nitrogen and oxygen atoms in total. The average molecular weight is 239 g/mol. The van der Waals surface area contributed by atoms with Crippen LogP contribution >= 0.6 is 11.3 Å². The van der Waals surface area contributed by atoms with Crippen LogP contribution in [0.1, 0.15) is 38.1 Å². The topological polar surface area (TPSA) is 37.0 Å². The molecule has 2 N–H and O–H groups in total. The minimum Gasteiger partial charge on any atom is -0.313 e. The number of thiazole rings is 1. The molecule has 2 rings (SSSR count). The van der Waals surface area contributed by atoms with Crippen LogP contribution in [0.15, 0.2) is 11.6 Å². The summed E-state index contributed by atoms with van der Waals surface area (Å²) in [4.78, 5) is 4.39. The van der Waals surface area contributed by atoms with Crippen molar-refractivity contribution < 1.29 is 0 Å². The van der Waals surface area contributed by atoms with Gasteiger partial charge in [0.05, 0.1) is 5.54 Å². The molecule has 1 atom stereocenters. The number of hydrogen-bond acceptors (Lipinski definition) is 4. The van der Waals surface area contributed by atoms with E-state index in [4.69, 9.17) is 0 Å². The summed E-state index contributed by atoms with van der Waals surface area (Å²) in [5.41, 5.74) is -0.00665. The maximum atomic E-state index is 4.39. The number of hydrogen-bond donors (Lipinski definition) is 2. The third-order valence-corrected chi connectivity index (χ3v) is 4.27. The van der Waals surface area contributed by atoms with Gasteiger partial charge in [-0.2, -0.15) is 0 Å². The van der Waals surface area contributed by atoms with Crippen LogP contribution in [0.3, 0.4) is 0 Å². The molecular weight excluding hydrogens is 218 g/mol. The van der Waals surface area contributed by atoms with Gasteiger partial charge in [0.1, 0.15) is 5.01 Å². The standard InChI is InChI=1S/C12H21N3S/c1-12(2,11-14-7-8-16-11)15-9-10-5-3-4-6-13-10/h7-8,10,13,15H,3-6,9H2,1-2H3. The van der Waals surface area contributed by atoms with E-state index in [2.05, 4.69) is 29.5 Å². The van der Waals surface area contributed by atoms with Crippen molar-refractivity contribution in [3.63, 3.8) is 0 Å². The fraction of sp³-hybridized carbons (Fsp3) is 0.750. The van der Waals surface area contributed by atoms with Crippen molar-refractivity contribution in [1.29, 1.82) is 0 Å². The fourth-order valence-corrected chi connectivity index (χ4v) is 2.82. The van der Waals surface area contributed by atoms with Gasteiger partial charge in [-0.1, -0.05) is 6.42 Å². The molecule has 0 aromatic carbocycles. The first kappa shape index (κ1) is 12.0. The highest BCUT2D eigenvalue weighted by molar-refractivity contribution is 7.09. The van der Waals surface area contributed by atoms with E-state index in [9.17, 15) is 0 Å². The van der Waals surface area contributed by atoms with Gasteiger partial charge in [-0.15, -0.1) is 11.3 Å². The monoisotopic (exact) mass is 239 g/mol. The maximum Gasteiger partial charge on any atom is 0.112 e. The van der Waals surface area contributed by atoms with Gasteiger partial charge in [-0.25, -0.2) is 4.98 Å². The van der Waals surface area contributed by atoms with Crippen LogP contribution in [0.2, 0.25) is 0 Å². The number of nitrogens with zero attached hydrogens (tertiary/aromatic N) is 1. The molecule has 0 saturated carbocycles. The summed E-state index contributed by atoms with van der Waals surface area (Å²) < 4.78 is 0. The van der Waals surface area contributed by atoms with Crippen LogP contribution in [0, 0.1) is 0 Å². The Morgan fingerprint density at radius 3 is 3.06 bits per heavy atom. The molecule has 4 heteroatoms. The molecular formula is C12H21N3S. The maximum absolute atomic E-state index is 4.39. The lowest BCUT2D eigenvalue weighted by atomic mass is 10.0. The van der Waals surface area contributed by atoms with E-state index in [1.54, 1.807) is 11.3 Å². The number of piperidine rings is 1. The van der Waals surface area contributed by atoms with Crippen LogP contribution in [0.5, 0.6) is 0 Å². The smallest absolute Gasteiger partial charge is 0.112 e. The lowest BCUT2D eigenvalue weighted by Gasteiger charge is -2.29. The highest BCUT2D eigenvalue weighted by Crippen LogP contribution is 2.22. The summed E-state index contributed by atoms with van der Waals surface area (Å²) in [6.07, 6.45) is 5.85. The van der Waals surface area contributed by atoms with Gasteiger partial charge in [0, 0.05) is 24.2 Å². The summed E-state index contributed by atoms with van der Waals surface area (Å²) in [5, 5.41) is 10.4. The molecule has 90 valence electrons. The Labute approximate surface area is 102 Å².